The Labute approximate surface area is 251 Å². The zero-order valence-corrected chi connectivity index (χ0v) is 26.2. The number of nitrogens with zero attached hydrogens (tertiary/aromatic N) is 2. The van der Waals surface area contributed by atoms with Crippen molar-refractivity contribution in [3.63, 3.8) is 0 Å². The molecule has 2 amide bonds. The summed E-state index contributed by atoms with van der Waals surface area (Å²) in [5.41, 5.74) is 5.18. The van der Waals surface area contributed by atoms with Gasteiger partial charge >= 0.3 is 0 Å². The van der Waals surface area contributed by atoms with Crippen LogP contribution in [0.5, 0.6) is 0 Å². The van der Waals surface area contributed by atoms with Crippen LogP contribution in [0.4, 0.5) is 5.69 Å². The van der Waals surface area contributed by atoms with E-state index in [4.69, 9.17) is 0 Å². The lowest BCUT2D eigenvalue weighted by molar-refractivity contribution is -0.139. The van der Waals surface area contributed by atoms with Crippen LogP contribution in [0, 0.1) is 27.7 Å². The maximum Gasteiger partial charge on any atom is 0.264 e. The van der Waals surface area contributed by atoms with E-state index in [1.807, 2.05) is 58.0 Å². The Morgan fingerprint density at radius 1 is 0.857 bits per heavy atom. The second kappa shape index (κ2) is 13.6. The molecule has 0 aliphatic heterocycles. The Hall–Kier alpha value is -3.65. The molecule has 224 valence electrons. The number of carbonyl (C=O) groups is 2. The molecular weight excluding hydrogens is 546 g/mol. The van der Waals surface area contributed by atoms with E-state index >= 15 is 0 Å². The van der Waals surface area contributed by atoms with Crippen LogP contribution in [0.15, 0.2) is 71.6 Å². The first-order chi connectivity index (χ1) is 20.0. The van der Waals surface area contributed by atoms with Crippen molar-refractivity contribution in [2.24, 2.45) is 0 Å². The van der Waals surface area contributed by atoms with Gasteiger partial charge in [-0.2, -0.15) is 0 Å². The van der Waals surface area contributed by atoms with Gasteiger partial charge in [0.15, 0.2) is 0 Å². The maximum atomic E-state index is 14.2. The maximum absolute atomic E-state index is 14.2. The highest BCUT2D eigenvalue weighted by Gasteiger charge is 2.33. The molecule has 1 aliphatic carbocycles. The molecule has 1 N–H and O–H groups in total. The smallest absolute Gasteiger partial charge is 0.264 e. The van der Waals surface area contributed by atoms with Crippen molar-refractivity contribution < 1.29 is 18.0 Å². The fourth-order valence-electron chi connectivity index (χ4n) is 5.37. The average molecular weight is 590 g/mol. The van der Waals surface area contributed by atoms with Crippen molar-refractivity contribution in [3.05, 3.63) is 94.5 Å². The van der Waals surface area contributed by atoms with Gasteiger partial charge in [0.1, 0.15) is 12.6 Å². The van der Waals surface area contributed by atoms with E-state index in [0.29, 0.717) is 5.69 Å². The lowest BCUT2D eigenvalue weighted by Crippen LogP contribution is -2.53. The second-order valence-electron chi connectivity index (χ2n) is 11.6. The Bertz CT molecular complexity index is 1510. The summed E-state index contributed by atoms with van der Waals surface area (Å²) in [7, 11) is -4.09. The van der Waals surface area contributed by atoms with Gasteiger partial charge < -0.3 is 10.2 Å². The molecule has 1 saturated carbocycles. The van der Waals surface area contributed by atoms with Crippen molar-refractivity contribution in [2.45, 2.75) is 90.2 Å². The van der Waals surface area contributed by atoms with Gasteiger partial charge in [0.2, 0.25) is 11.8 Å². The van der Waals surface area contributed by atoms with Crippen LogP contribution < -0.4 is 9.62 Å². The summed E-state index contributed by atoms with van der Waals surface area (Å²) in [5.74, 6) is -0.665. The number of carbonyl (C=O) groups excluding carboxylic acids is 2. The Morgan fingerprint density at radius 3 is 2.17 bits per heavy atom. The molecule has 0 radical (unpaired) electrons. The molecule has 0 saturated heterocycles. The number of anilines is 1. The highest BCUT2D eigenvalue weighted by molar-refractivity contribution is 7.92. The molecular formula is C34H43N3O4S. The lowest BCUT2D eigenvalue weighted by atomic mass is 9.95. The topological polar surface area (TPSA) is 86.8 Å². The summed E-state index contributed by atoms with van der Waals surface area (Å²) in [6.45, 7) is 9.21. The molecule has 1 atom stereocenters. The van der Waals surface area contributed by atoms with E-state index in [-0.39, 0.29) is 23.4 Å². The summed E-state index contributed by atoms with van der Waals surface area (Å²) in [6, 6.07) is 19.0. The minimum atomic E-state index is -4.09. The van der Waals surface area contributed by atoms with E-state index in [1.165, 1.54) is 15.6 Å². The van der Waals surface area contributed by atoms with E-state index in [1.54, 1.807) is 43.3 Å². The molecule has 0 bridgehead atoms. The van der Waals surface area contributed by atoms with Crippen molar-refractivity contribution in [1.29, 1.82) is 0 Å². The number of hydrogen-bond donors (Lipinski definition) is 1. The van der Waals surface area contributed by atoms with E-state index in [2.05, 4.69) is 5.32 Å². The van der Waals surface area contributed by atoms with Crippen LogP contribution in [0.2, 0.25) is 0 Å². The number of aryl methyl sites for hydroxylation is 4. The predicted octanol–water partition coefficient (Wildman–Crippen LogP) is 5.98. The fourth-order valence-corrected chi connectivity index (χ4v) is 6.78. The van der Waals surface area contributed by atoms with Crippen molar-refractivity contribution in [2.75, 3.05) is 10.8 Å². The van der Waals surface area contributed by atoms with Gasteiger partial charge in [-0.25, -0.2) is 8.42 Å². The molecule has 1 unspecified atom stereocenters. The lowest BCUT2D eigenvalue weighted by Gasteiger charge is -2.33. The fraction of sp³-hybridized carbons (Fsp3) is 0.412. The zero-order chi connectivity index (χ0) is 30.4. The first-order valence-electron chi connectivity index (χ1n) is 14.8. The summed E-state index contributed by atoms with van der Waals surface area (Å²) in [5, 5.41) is 3.15. The number of hydrogen-bond acceptors (Lipinski definition) is 4. The van der Waals surface area contributed by atoms with Crippen LogP contribution in [-0.4, -0.2) is 43.8 Å². The van der Waals surface area contributed by atoms with E-state index in [0.717, 1.165) is 53.5 Å². The number of amides is 2. The van der Waals surface area contributed by atoms with Crippen LogP contribution in [-0.2, 0) is 26.2 Å². The normalized spacial score (nSPS) is 14.7. The van der Waals surface area contributed by atoms with Crippen LogP contribution >= 0.6 is 0 Å². The summed E-state index contributed by atoms with van der Waals surface area (Å²) >= 11 is 0. The van der Waals surface area contributed by atoms with Crippen LogP contribution in [0.25, 0.3) is 0 Å². The first kappa shape index (κ1) is 31.3. The Morgan fingerprint density at radius 2 is 1.52 bits per heavy atom. The number of benzene rings is 3. The van der Waals surface area contributed by atoms with E-state index < -0.39 is 28.5 Å². The largest absolute Gasteiger partial charge is 0.352 e. The standard InChI is InChI=1S/C34H43N3O4S/c1-24-15-19-32(20-16-24)42(40,41)37(31-18-17-25(2)27(4)21-31)23-33(38)36(22-29-12-10-9-11-26(29)3)28(5)34(39)35-30-13-7-6-8-14-30/h9-12,15-21,28,30H,6-8,13-14,22-23H2,1-5H3,(H,35,39). The average Bonchev–Trinajstić information content (AvgIpc) is 2.97. The van der Waals surface area contributed by atoms with Gasteiger partial charge in [0.05, 0.1) is 10.6 Å². The minimum Gasteiger partial charge on any atom is -0.352 e. The van der Waals surface area contributed by atoms with Gasteiger partial charge in [-0.05, 0) is 94.0 Å². The number of rotatable bonds is 10. The third-order valence-corrected chi connectivity index (χ3v) is 10.2. The molecule has 0 spiro atoms. The number of sulfonamides is 1. The summed E-state index contributed by atoms with van der Waals surface area (Å²) in [6.07, 6.45) is 5.18. The third-order valence-electron chi connectivity index (χ3n) is 8.39. The second-order valence-corrected chi connectivity index (χ2v) is 13.4. The van der Waals surface area contributed by atoms with Crippen molar-refractivity contribution >= 4 is 27.5 Å². The van der Waals surface area contributed by atoms with Crippen LogP contribution in [0.3, 0.4) is 0 Å². The monoisotopic (exact) mass is 589 g/mol. The SMILES string of the molecule is Cc1ccc(S(=O)(=O)N(CC(=O)N(Cc2ccccc2C)C(C)C(=O)NC2CCCCC2)c2ccc(C)c(C)c2)cc1. The molecule has 1 fully saturated rings. The Balaban J connectivity index is 1.70. The first-order valence-corrected chi connectivity index (χ1v) is 16.2. The molecule has 4 rings (SSSR count). The molecule has 0 aromatic heterocycles. The predicted molar refractivity (Wildman–Crippen MR) is 168 cm³/mol. The van der Waals surface area contributed by atoms with Crippen molar-refractivity contribution in [3.8, 4) is 0 Å². The summed E-state index contributed by atoms with van der Waals surface area (Å²) < 4.78 is 29.3. The van der Waals surface area contributed by atoms with E-state index in [9.17, 15) is 18.0 Å². The zero-order valence-electron chi connectivity index (χ0n) is 25.4. The van der Waals surface area contributed by atoms with Gasteiger partial charge in [0, 0.05) is 12.6 Å². The van der Waals surface area contributed by atoms with Gasteiger partial charge in [-0.3, -0.25) is 13.9 Å². The molecule has 3 aromatic rings. The van der Waals surface area contributed by atoms with Gasteiger partial charge in [-0.15, -0.1) is 0 Å². The molecule has 7 nitrogen and oxygen atoms in total. The quantitative estimate of drug-likeness (QED) is 0.315. The van der Waals surface area contributed by atoms with Crippen LogP contribution in [0.1, 0.15) is 66.8 Å². The molecule has 0 heterocycles. The highest BCUT2D eigenvalue weighted by atomic mass is 32.2. The molecule has 42 heavy (non-hydrogen) atoms. The molecule has 3 aromatic carbocycles. The third kappa shape index (κ3) is 7.40. The minimum absolute atomic E-state index is 0.0954. The molecule has 1 aliphatic rings. The van der Waals surface area contributed by atoms with Gasteiger partial charge in [-0.1, -0.05) is 67.3 Å². The summed E-state index contributed by atoms with van der Waals surface area (Å²) in [4.78, 5) is 29.3. The van der Waals surface area contributed by atoms with Gasteiger partial charge in [0.25, 0.3) is 10.0 Å². The van der Waals surface area contributed by atoms with Crippen molar-refractivity contribution in [1.82, 2.24) is 10.2 Å². The molecule has 8 heteroatoms. The highest BCUT2D eigenvalue weighted by Crippen LogP contribution is 2.27. The number of nitrogens with one attached hydrogen (secondary N) is 1. The Kier molecular flexibility index (Phi) is 10.1.